The van der Waals surface area contributed by atoms with Gasteiger partial charge in [0.15, 0.2) is 0 Å². The summed E-state index contributed by atoms with van der Waals surface area (Å²) in [7, 11) is 0. The molecule has 1 aromatic carbocycles. The summed E-state index contributed by atoms with van der Waals surface area (Å²) in [6.45, 7) is 6.85. The van der Waals surface area contributed by atoms with Gasteiger partial charge < -0.3 is 15.0 Å². The van der Waals surface area contributed by atoms with E-state index in [1.165, 1.54) is 12.1 Å². The Kier molecular flexibility index (Phi) is 4.16. The number of nitrogens with zero attached hydrogens (tertiary/aromatic N) is 1. The number of nitrogens with one attached hydrogen (secondary N) is 1. The lowest BCUT2D eigenvalue weighted by Crippen LogP contribution is -2.36. The Balaban J connectivity index is 1.86. The topological polar surface area (TPSA) is 41.6 Å². The van der Waals surface area contributed by atoms with Crippen LogP contribution in [0.2, 0.25) is 0 Å². The molecule has 0 bridgehead atoms. The highest BCUT2D eigenvalue weighted by atomic mass is 19.1. The van der Waals surface area contributed by atoms with E-state index in [1.54, 1.807) is 17.0 Å². The third-order valence-electron chi connectivity index (χ3n) is 3.05. The van der Waals surface area contributed by atoms with E-state index < -0.39 is 5.60 Å². The van der Waals surface area contributed by atoms with Crippen LogP contribution in [0, 0.1) is 5.82 Å². The highest BCUT2D eigenvalue weighted by Gasteiger charge is 2.29. The van der Waals surface area contributed by atoms with Gasteiger partial charge in [0.2, 0.25) is 0 Å². The Morgan fingerprint density at radius 1 is 1.35 bits per heavy atom. The van der Waals surface area contributed by atoms with Crippen LogP contribution in [-0.2, 0) is 4.74 Å². The maximum atomic E-state index is 12.8. The molecule has 0 radical (unpaired) electrons. The standard InChI is InChI=1S/C15H21FN2O2/c1-15(2,3)20-14(19)18-9-8-13(10-18)17-12-6-4-11(16)5-7-12/h4-7,13,17H,8-10H2,1-3H3/t13-/m0/s1. The minimum absolute atomic E-state index is 0.174. The molecule has 110 valence electrons. The normalized spacial score (nSPS) is 19.0. The summed E-state index contributed by atoms with van der Waals surface area (Å²) >= 11 is 0. The lowest BCUT2D eigenvalue weighted by atomic mass is 10.2. The second kappa shape index (κ2) is 5.69. The van der Waals surface area contributed by atoms with Crippen molar-refractivity contribution in [3.05, 3.63) is 30.1 Å². The third-order valence-corrected chi connectivity index (χ3v) is 3.05. The van der Waals surface area contributed by atoms with Crippen LogP contribution < -0.4 is 5.32 Å². The Hall–Kier alpha value is -1.78. The average Bonchev–Trinajstić information content (AvgIpc) is 2.79. The predicted octanol–water partition coefficient (Wildman–Crippen LogP) is 3.25. The summed E-state index contributed by atoms with van der Waals surface area (Å²) in [6.07, 6.45) is 0.581. The minimum atomic E-state index is -0.473. The molecule has 1 N–H and O–H groups in total. The van der Waals surface area contributed by atoms with Gasteiger partial charge in [-0.3, -0.25) is 0 Å². The van der Waals surface area contributed by atoms with E-state index in [0.29, 0.717) is 13.1 Å². The fourth-order valence-electron chi connectivity index (χ4n) is 2.15. The van der Waals surface area contributed by atoms with Gasteiger partial charge in [0, 0.05) is 24.8 Å². The first-order valence-electron chi connectivity index (χ1n) is 6.83. The number of carbonyl (C=O) groups is 1. The fraction of sp³-hybridized carbons (Fsp3) is 0.533. The average molecular weight is 280 g/mol. The van der Waals surface area contributed by atoms with E-state index in [-0.39, 0.29) is 18.0 Å². The Morgan fingerprint density at radius 2 is 2.00 bits per heavy atom. The Labute approximate surface area is 118 Å². The van der Waals surface area contributed by atoms with Crippen molar-refractivity contribution in [3.63, 3.8) is 0 Å². The maximum Gasteiger partial charge on any atom is 0.410 e. The zero-order valence-corrected chi connectivity index (χ0v) is 12.1. The molecule has 1 aliphatic rings. The monoisotopic (exact) mass is 280 g/mol. The fourth-order valence-corrected chi connectivity index (χ4v) is 2.15. The van der Waals surface area contributed by atoms with Gasteiger partial charge in [-0.1, -0.05) is 0 Å². The van der Waals surface area contributed by atoms with Gasteiger partial charge >= 0.3 is 6.09 Å². The van der Waals surface area contributed by atoms with Crippen LogP contribution in [0.15, 0.2) is 24.3 Å². The molecule has 0 spiro atoms. The number of hydrogen-bond donors (Lipinski definition) is 1. The summed E-state index contributed by atoms with van der Waals surface area (Å²) in [4.78, 5) is 13.6. The molecule has 1 atom stereocenters. The highest BCUT2D eigenvalue weighted by Crippen LogP contribution is 2.18. The second-order valence-electron chi connectivity index (χ2n) is 6.06. The minimum Gasteiger partial charge on any atom is -0.444 e. The smallest absolute Gasteiger partial charge is 0.410 e. The highest BCUT2D eigenvalue weighted by molar-refractivity contribution is 5.68. The molecule has 0 unspecified atom stereocenters. The van der Waals surface area contributed by atoms with Crippen molar-refractivity contribution in [2.24, 2.45) is 0 Å². The summed E-state index contributed by atoms with van der Waals surface area (Å²) in [5, 5.41) is 3.30. The molecule has 1 heterocycles. The van der Waals surface area contributed by atoms with Gasteiger partial charge in [-0.25, -0.2) is 9.18 Å². The molecule has 1 saturated heterocycles. The van der Waals surface area contributed by atoms with Crippen LogP contribution in [-0.4, -0.2) is 35.7 Å². The van der Waals surface area contributed by atoms with Crippen molar-refractivity contribution in [2.75, 3.05) is 18.4 Å². The number of halogens is 1. The van der Waals surface area contributed by atoms with Crippen LogP contribution in [0.5, 0.6) is 0 Å². The van der Waals surface area contributed by atoms with Gasteiger partial charge in [0.25, 0.3) is 0 Å². The van der Waals surface area contributed by atoms with Gasteiger partial charge in [-0.2, -0.15) is 0 Å². The molecule has 0 aliphatic carbocycles. The van der Waals surface area contributed by atoms with Crippen LogP contribution in [0.25, 0.3) is 0 Å². The lowest BCUT2D eigenvalue weighted by molar-refractivity contribution is 0.0293. The van der Waals surface area contributed by atoms with Crippen molar-refractivity contribution in [1.29, 1.82) is 0 Å². The van der Waals surface area contributed by atoms with Gasteiger partial charge in [-0.05, 0) is 51.5 Å². The van der Waals surface area contributed by atoms with E-state index >= 15 is 0 Å². The molecule has 1 fully saturated rings. The molecule has 1 aliphatic heterocycles. The Morgan fingerprint density at radius 3 is 2.60 bits per heavy atom. The molecule has 4 nitrogen and oxygen atoms in total. The van der Waals surface area contributed by atoms with Gasteiger partial charge in [0.1, 0.15) is 11.4 Å². The zero-order chi connectivity index (χ0) is 14.8. The number of likely N-dealkylation sites (tertiary alicyclic amines) is 1. The second-order valence-corrected chi connectivity index (χ2v) is 6.06. The number of carbonyl (C=O) groups excluding carboxylic acids is 1. The first-order valence-corrected chi connectivity index (χ1v) is 6.83. The van der Waals surface area contributed by atoms with Crippen molar-refractivity contribution in [1.82, 2.24) is 4.90 Å². The third kappa shape index (κ3) is 4.11. The summed E-state index contributed by atoms with van der Waals surface area (Å²) in [5.74, 6) is -0.252. The first-order chi connectivity index (χ1) is 9.33. The van der Waals surface area contributed by atoms with Crippen LogP contribution in [0.3, 0.4) is 0 Å². The number of rotatable bonds is 2. The first kappa shape index (κ1) is 14.6. The summed E-state index contributed by atoms with van der Waals surface area (Å²) in [6, 6.07) is 6.41. The van der Waals surface area contributed by atoms with E-state index in [2.05, 4.69) is 5.32 Å². The van der Waals surface area contributed by atoms with Gasteiger partial charge in [0.05, 0.1) is 0 Å². The predicted molar refractivity (Wildman–Crippen MR) is 76.2 cm³/mol. The SMILES string of the molecule is CC(C)(C)OC(=O)N1CC[C@H](Nc2ccc(F)cc2)C1. The van der Waals surface area contributed by atoms with Crippen LogP contribution in [0.4, 0.5) is 14.9 Å². The lowest BCUT2D eigenvalue weighted by Gasteiger charge is -2.24. The van der Waals surface area contributed by atoms with Crippen molar-refractivity contribution in [2.45, 2.75) is 38.8 Å². The van der Waals surface area contributed by atoms with E-state index in [9.17, 15) is 9.18 Å². The van der Waals surface area contributed by atoms with Gasteiger partial charge in [-0.15, -0.1) is 0 Å². The molecular formula is C15H21FN2O2. The van der Waals surface area contributed by atoms with Crippen molar-refractivity contribution < 1.29 is 13.9 Å². The summed E-state index contributed by atoms with van der Waals surface area (Å²) < 4.78 is 18.2. The number of benzene rings is 1. The number of hydrogen-bond acceptors (Lipinski definition) is 3. The van der Waals surface area contributed by atoms with Crippen LogP contribution >= 0.6 is 0 Å². The molecular weight excluding hydrogens is 259 g/mol. The molecule has 1 amide bonds. The zero-order valence-electron chi connectivity index (χ0n) is 12.1. The van der Waals surface area contributed by atoms with Crippen molar-refractivity contribution in [3.8, 4) is 0 Å². The molecule has 5 heteroatoms. The molecule has 20 heavy (non-hydrogen) atoms. The van der Waals surface area contributed by atoms with E-state index in [1.807, 2.05) is 20.8 Å². The number of amides is 1. The molecule has 0 saturated carbocycles. The van der Waals surface area contributed by atoms with Crippen molar-refractivity contribution >= 4 is 11.8 Å². The molecule has 1 aromatic rings. The number of ether oxygens (including phenoxy) is 1. The van der Waals surface area contributed by atoms with E-state index in [4.69, 9.17) is 4.74 Å². The van der Waals surface area contributed by atoms with Crippen LogP contribution in [0.1, 0.15) is 27.2 Å². The quantitative estimate of drug-likeness (QED) is 0.904. The Bertz CT molecular complexity index is 468. The number of anilines is 1. The van der Waals surface area contributed by atoms with E-state index in [0.717, 1.165) is 12.1 Å². The largest absolute Gasteiger partial charge is 0.444 e. The maximum absolute atomic E-state index is 12.8. The molecule has 2 rings (SSSR count). The molecule has 0 aromatic heterocycles. The summed E-state index contributed by atoms with van der Waals surface area (Å²) in [5.41, 5.74) is 0.391.